The number of aromatic nitrogens is 2. The minimum absolute atomic E-state index is 0.0481. The minimum Gasteiger partial charge on any atom is -0.490 e. The number of alkyl carbamates (subject to hydrolysis) is 1. The molecular weight excluding hydrogens is 562 g/mol. The normalized spacial score (nSPS) is 11.5. The number of aliphatic carboxylic acids is 1. The molecule has 4 N–H and O–H groups in total. The van der Waals surface area contributed by atoms with Gasteiger partial charge in [0.15, 0.2) is 18.1 Å². The van der Waals surface area contributed by atoms with Gasteiger partial charge in [-0.2, -0.15) is 5.10 Å². The highest BCUT2D eigenvalue weighted by Crippen LogP contribution is 2.36. The first kappa shape index (κ1) is 28.2. The Morgan fingerprint density at radius 1 is 1.21 bits per heavy atom. The van der Waals surface area contributed by atoms with Crippen LogP contribution in [0.4, 0.5) is 4.79 Å². The van der Waals surface area contributed by atoms with Crippen molar-refractivity contribution in [1.29, 1.82) is 0 Å². The number of hydrogen-bond donors (Lipinski definition) is 4. The summed E-state index contributed by atoms with van der Waals surface area (Å²) in [6, 6.07) is 11.3. The van der Waals surface area contributed by atoms with Crippen LogP contribution in [-0.4, -0.2) is 58.5 Å². The maximum Gasteiger partial charge on any atom is 0.408 e. The second-order valence-corrected chi connectivity index (χ2v) is 8.57. The third-order valence-electron chi connectivity index (χ3n) is 4.86. The molecule has 1 heterocycles. The van der Waals surface area contributed by atoms with Crippen molar-refractivity contribution in [3.8, 4) is 11.5 Å². The molecule has 1 aromatic heterocycles. The molecule has 0 aliphatic rings. The fourth-order valence-corrected chi connectivity index (χ4v) is 3.75. The molecule has 3 aromatic rings. The molecule has 1 atom stereocenters. The molecule has 0 bridgehead atoms. The molecular formula is C25H26BrN5O7. The van der Waals surface area contributed by atoms with Gasteiger partial charge >= 0.3 is 12.1 Å². The summed E-state index contributed by atoms with van der Waals surface area (Å²) in [5.74, 6) is -1.18. The Hall–Kier alpha value is -4.39. The Morgan fingerprint density at radius 2 is 2.00 bits per heavy atom. The van der Waals surface area contributed by atoms with Crippen LogP contribution in [0.2, 0.25) is 0 Å². The van der Waals surface area contributed by atoms with Crippen molar-refractivity contribution in [3.63, 3.8) is 0 Å². The Labute approximate surface area is 226 Å². The molecule has 2 amide bonds. The first-order valence-electron chi connectivity index (χ1n) is 11.4. The molecule has 0 fully saturated rings. The predicted octanol–water partition coefficient (Wildman–Crippen LogP) is 3.02. The SMILES string of the molecule is CCOc1cc(/C=N\NC(=O)[C@H](Cc2cnc[nH]2)NC(=O)OCc2ccccc2)cc(Br)c1OCC(=O)O. The van der Waals surface area contributed by atoms with Crippen LogP contribution < -0.4 is 20.2 Å². The summed E-state index contributed by atoms with van der Waals surface area (Å²) in [6.07, 6.45) is 3.74. The molecule has 38 heavy (non-hydrogen) atoms. The Kier molecular flexibility index (Phi) is 10.7. The summed E-state index contributed by atoms with van der Waals surface area (Å²) in [5, 5.41) is 15.4. The summed E-state index contributed by atoms with van der Waals surface area (Å²) >= 11 is 3.34. The topological polar surface area (TPSA) is 164 Å². The summed E-state index contributed by atoms with van der Waals surface area (Å²) in [5.41, 5.74) is 4.37. The van der Waals surface area contributed by atoms with E-state index in [1.165, 1.54) is 12.5 Å². The van der Waals surface area contributed by atoms with Gasteiger partial charge in [0.2, 0.25) is 0 Å². The number of ether oxygens (including phenoxy) is 3. The van der Waals surface area contributed by atoms with Crippen LogP contribution in [0.5, 0.6) is 11.5 Å². The summed E-state index contributed by atoms with van der Waals surface area (Å²) in [6.45, 7) is 1.59. The number of rotatable bonds is 13. The number of carboxylic acids is 1. The highest BCUT2D eigenvalue weighted by atomic mass is 79.9. The number of H-pyrrole nitrogens is 1. The first-order valence-corrected chi connectivity index (χ1v) is 12.2. The Balaban J connectivity index is 1.66. The van der Waals surface area contributed by atoms with Crippen LogP contribution in [0.15, 0.2) is 64.6 Å². The predicted molar refractivity (Wildman–Crippen MR) is 140 cm³/mol. The number of aromatic amines is 1. The largest absolute Gasteiger partial charge is 0.490 e. The number of nitrogens with one attached hydrogen (secondary N) is 3. The van der Waals surface area contributed by atoms with Crippen LogP contribution in [0.3, 0.4) is 0 Å². The lowest BCUT2D eigenvalue weighted by Gasteiger charge is -2.16. The molecule has 0 unspecified atom stereocenters. The molecule has 0 radical (unpaired) electrons. The monoisotopic (exact) mass is 587 g/mol. The highest BCUT2D eigenvalue weighted by molar-refractivity contribution is 9.10. The fraction of sp³-hybridized carbons (Fsp3) is 0.240. The van der Waals surface area contributed by atoms with Gasteiger partial charge in [-0.1, -0.05) is 30.3 Å². The lowest BCUT2D eigenvalue weighted by atomic mass is 10.1. The van der Waals surface area contributed by atoms with Crippen molar-refractivity contribution in [2.75, 3.05) is 13.2 Å². The lowest BCUT2D eigenvalue weighted by molar-refractivity contribution is -0.139. The maximum absolute atomic E-state index is 12.9. The van der Waals surface area contributed by atoms with E-state index >= 15 is 0 Å². The van der Waals surface area contributed by atoms with Crippen molar-refractivity contribution >= 4 is 40.1 Å². The number of halogens is 1. The van der Waals surface area contributed by atoms with E-state index in [0.29, 0.717) is 28.1 Å². The Bertz CT molecular complexity index is 1250. The first-order chi connectivity index (χ1) is 18.4. The summed E-state index contributed by atoms with van der Waals surface area (Å²) in [4.78, 5) is 42.9. The van der Waals surface area contributed by atoms with Gasteiger partial charge in [-0.15, -0.1) is 0 Å². The third kappa shape index (κ3) is 8.92. The van der Waals surface area contributed by atoms with E-state index in [1.54, 1.807) is 25.3 Å². The van der Waals surface area contributed by atoms with Crippen molar-refractivity contribution in [2.45, 2.75) is 26.0 Å². The van der Waals surface area contributed by atoms with Gasteiger partial charge in [0.05, 0.1) is 23.6 Å². The van der Waals surface area contributed by atoms with Crippen molar-refractivity contribution in [2.24, 2.45) is 5.10 Å². The molecule has 2 aromatic carbocycles. The Morgan fingerprint density at radius 3 is 2.68 bits per heavy atom. The van der Waals surface area contributed by atoms with Gasteiger partial charge in [0, 0.05) is 18.3 Å². The van der Waals surface area contributed by atoms with E-state index in [9.17, 15) is 14.4 Å². The van der Waals surface area contributed by atoms with Crippen LogP contribution in [-0.2, 0) is 27.4 Å². The molecule has 0 spiro atoms. The number of hydrazone groups is 1. The van der Waals surface area contributed by atoms with Crippen LogP contribution in [0.25, 0.3) is 0 Å². The standard InChI is InChI=1S/C25H26BrN5O7/c1-2-36-21-9-17(8-19(26)23(21)37-14-22(32)33)11-29-31-24(34)20(10-18-12-27-15-28-18)30-25(35)38-13-16-6-4-3-5-7-16/h3-9,11-12,15,20H,2,10,13-14H2,1H3,(H,27,28)(H,30,35)(H,31,34)(H,32,33)/b29-11-/t20-/m0/s1. The van der Waals surface area contributed by atoms with Crippen LogP contribution in [0.1, 0.15) is 23.7 Å². The van der Waals surface area contributed by atoms with Gasteiger partial charge in [-0.05, 0) is 46.1 Å². The molecule has 0 aliphatic heterocycles. The maximum atomic E-state index is 12.9. The third-order valence-corrected chi connectivity index (χ3v) is 5.45. The van der Waals surface area contributed by atoms with E-state index in [0.717, 1.165) is 5.56 Å². The number of hydrogen-bond acceptors (Lipinski definition) is 8. The molecule has 0 aliphatic carbocycles. The van der Waals surface area contributed by atoms with Gasteiger partial charge in [-0.3, -0.25) is 4.79 Å². The lowest BCUT2D eigenvalue weighted by Crippen LogP contribution is -2.47. The minimum atomic E-state index is -1.13. The molecule has 3 rings (SSSR count). The second-order valence-electron chi connectivity index (χ2n) is 7.72. The average Bonchev–Trinajstić information content (AvgIpc) is 3.40. The second kappa shape index (κ2) is 14.4. The molecule has 200 valence electrons. The van der Waals surface area contributed by atoms with Gasteiger partial charge in [-0.25, -0.2) is 20.0 Å². The van der Waals surface area contributed by atoms with Gasteiger partial charge in [0.1, 0.15) is 12.6 Å². The quantitative estimate of drug-likeness (QED) is 0.175. The van der Waals surface area contributed by atoms with Gasteiger partial charge in [0.25, 0.3) is 5.91 Å². The van der Waals surface area contributed by atoms with E-state index in [-0.39, 0.29) is 18.8 Å². The van der Waals surface area contributed by atoms with Crippen LogP contribution >= 0.6 is 15.9 Å². The number of benzene rings is 2. The highest BCUT2D eigenvalue weighted by Gasteiger charge is 2.22. The fourth-order valence-electron chi connectivity index (χ4n) is 3.18. The van der Waals surface area contributed by atoms with Gasteiger partial charge < -0.3 is 29.6 Å². The van der Waals surface area contributed by atoms with E-state index in [1.807, 2.05) is 30.3 Å². The van der Waals surface area contributed by atoms with E-state index in [4.69, 9.17) is 19.3 Å². The summed E-state index contributed by atoms with van der Waals surface area (Å²) < 4.78 is 16.5. The molecule has 12 nitrogen and oxygen atoms in total. The van der Waals surface area contributed by atoms with Crippen molar-refractivity contribution in [1.82, 2.24) is 20.7 Å². The number of carbonyl (C=O) groups is 3. The summed E-state index contributed by atoms with van der Waals surface area (Å²) in [7, 11) is 0. The smallest absolute Gasteiger partial charge is 0.408 e. The number of carbonyl (C=O) groups excluding carboxylic acids is 2. The number of amides is 2. The number of nitrogens with zero attached hydrogens (tertiary/aromatic N) is 2. The molecule has 0 saturated carbocycles. The zero-order chi connectivity index (χ0) is 27.3. The van der Waals surface area contributed by atoms with Crippen LogP contribution in [0, 0.1) is 0 Å². The van der Waals surface area contributed by atoms with Crippen molar-refractivity contribution in [3.05, 3.63) is 76.3 Å². The average molecular weight is 588 g/mol. The van der Waals surface area contributed by atoms with E-state index < -0.39 is 30.6 Å². The zero-order valence-corrected chi connectivity index (χ0v) is 21.9. The number of imidazole rings is 1. The zero-order valence-electron chi connectivity index (χ0n) is 20.3. The van der Waals surface area contributed by atoms with E-state index in [2.05, 4.69) is 41.7 Å². The molecule has 0 saturated heterocycles. The number of carboxylic acid groups (broad SMARTS) is 1. The molecule has 13 heteroatoms. The van der Waals surface area contributed by atoms with Crippen molar-refractivity contribution < 1.29 is 33.7 Å².